The lowest BCUT2D eigenvalue weighted by Gasteiger charge is -2.03. The van der Waals surface area contributed by atoms with Gasteiger partial charge in [0.25, 0.3) is 8.68 Å². The molecule has 1 nitrogen and oxygen atoms in total. The van der Waals surface area contributed by atoms with E-state index in [9.17, 15) is 4.46 Å². The van der Waals surface area contributed by atoms with E-state index in [0.717, 1.165) is 6.04 Å². The third kappa shape index (κ3) is 4.52. The molecule has 0 aliphatic rings. The summed E-state index contributed by atoms with van der Waals surface area (Å²) in [6.45, 7) is 8.29. The largest absolute Gasteiger partial charge is 0.388 e. The highest BCUT2D eigenvalue weighted by molar-refractivity contribution is 6.44. The van der Waals surface area contributed by atoms with E-state index in [2.05, 4.69) is 13.8 Å². The Bertz CT molecular complexity index is 97.1. The van der Waals surface area contributed by atoms with Gasteiger partial charge in [0, 0.05) is 0 Å². The first-order valence-corrected chi connectivity index (χ1v) is 5.26. The van der Waals surface area contributed by atoms with E-state index in [1.165, 1.54) is 0 Å². The van der Waals surface area contributed by atoms with E-state index < -0.39 is 8.68 Å². The second-order valence-corrected chi connectivity index (χ2v) is 5.71. The molecule has 0 spiro atoms. The Balaban J connectivity index is 3.51. The average molecular weight is 144 g/mol. The van der Waals surface area contributed by atoms with Crippen LogP contribution in [0.25, 0.3) is 0 Å². The first kappa shape index (κ1) is 9.02. The molecule has 0 rings (SSSR count). The lowest BCUT2D eigenvalue weighted by Crippen LogP contribution is -2.07. The quantitative estimate of drug-likeness (QED) is 0.556. The lowest BCUT2D eigenvalue weighted by molar-refractivity contribution is 0.538. The van der Waals surface area contributed by atoms with Crippen LogP contribution in [0.5, 0.6) is 0 Å². The van der Waals surface area contributed by atoms with Gasteiger partial charge in [-0.05, 0) is 17.5 Å². The molecule has 0 fully saturated rings. The molecule has 0 aromatic carbocycles. The Morgan fingerprint density at radius 3 is 1.78 bits per heavy atom. The van der Waals surface area contributed by atoms with Crippen molar-refractivity contribution in [3.63, 3.8) is 0 Å². The summed E-state index contributed by atoms with van der Waals surface area (Å²) in [4.78, 5) is 0. The van der Waals surface area contributed by atoms with Gasteiger partial charge in [-0.2, -0.15) is 0 Å². The molecule has 0 aromatic heterocycles. The van der Waals surface area contributed by atoms with Crippen molar-refractivity contribution in [1.82, 2.24) is 0 Å². The van der Waals surface area contributed by atoms with E-state index in [4.69, 9.17) is 0 Å². The fourth-order valence-corrected chi connectivity index (χ4v) is 1.91. The molecule has 0 aromatic rings. The predicted octanol–water partition coefficient (Wildman–Crippen LogP) is 2.47. The molecule has 0 amide bonds. The maximum Gasteiger partial charge on any atom is 0.279 e. The lowest BCUT2D eigenvalue weighted by atomic mass is 10.3. The van der Waals surface area contributed by atoms with Gasteiger partial charge in [-0.15, -0.1) is 0 Å². The zero-order chi connectivity index (χ0) is 7.44. The van der Waals surface area contributed by atoms with Gasteiger partial charge < -0.3 is 4.46 Å². The van der Waals surface area contributed by atoms with Gasteiger partial charge in [0.05, 0.1) is 0 Å². The Labute approximate surface area is 59.1 Å². The molecule has 2 heteroatoms. The summed E-state index contributed by atoms with van der Waals surface area (Å²) in [6.07, 6.45) is 0. The molecular formula is C7H16OSi. The Hall–Kier alpha value is 0.0169. The van der Waals surface area contributed by atoms with Crippen LogP contribution >= 0.6 is 0 Å². The molecule has 0 unspecified atom stereocenters. The maximum absolute atomic E-state index is 11.1. The minimum absolute atomic E-state index is 0.400. The number of rotatable bonds is 3. The number of hydrogen-bond acceptors (Lipinski definition) is 1. The minimum atomic E-state index is -1.26. The molecule has 0 aliphatic carbocycles. The molecule has 0 aliphatic heterocycles. The van der Waals surface area contributed by atoms with E-state index >= 15 is 0 Å². The smallest absolute Gasteiger partial charge is 0.279 e. The van der Waals surface area contributed by atoms with Crippen LogP contribution in [0.2, 0.25) is 11.6 Å². The van der Waals surface area contributed by atoms with Gasteiger partial charge in [0.1, 0.15) is 0 Å². The van der Waals surface area contributed by atoms with E-state index in [1.54, 1.807) is 0 Å². The zero-order valence-electron chi connectivity index (χ0n) is 6.77. The van der Waals surface area contributed by atoms with Gasteiger partial charge >= 0.3 is 0 Å². The fourth-order valence-electron chi connectivity index (χ4n) is 0.638. The first-order valence-electron chi connectivity index (χ1n) is 3.56. The molecular weight excluding hydrogens is 128 g/mol. The summed E-state index contributed by atoms with van der Waals surface area (Å²) in [5, 5.41) is 0. The van der Waals surface area contributed by atoms with Crippen molar-refractivity contribution in [2.24, 2.45) is 5.92 Å². The topological polar surface area (TPSA) is 17.1 Å². The van der Waals surface area contributed by atoms with E-state index in [0.29, 0.717) is 11.5 Å². The summed E-state index contributed by atoms with van der Waals surface area (Å²) in [5.41, 5.74) is 0.400. The van der Waals surface area contributed by atoms with Gasteiger partial charge in [0.2, 0.25) is 0 Å². The van der Waals surface area contributed by atoms with Crippen molar-refractivity contribution in [1.29, 1.82) is 0 Å². The molecule has 0 bridgehead atoms. The summed E-state index contributed by atoms with van der Waals surface area (Å²) in [6, 6.07) is 0.919. The summed E-state index contributed by atoms with van der Waals surface area (Å²) < 4.78 is 11.1. The Morgan fingerprint density at radius 2 is 1.67 bits per heavy atom. The highest BCUT2D eigenvalue weighted by Gasteiger charge is 2.11. The second kappa shape index (κ2) is 3.93. The standard InChI is InChI=1S/C7H16OSi/c1-6(2)5-9(8)7(3)4/h6-7H,5H2,1-4H3. The summed E-state index contributed by atoms with van der Waals surface area (Å²) >= 11 is 0. The monoisotopic (exact) mass is 144 g/mol. The highest BCUT2D eigenvalue weighted by atomic mass is 28.3. The van der Waals surface area contributed by atoms with Crippen molar-refractivity contribution in [3.8, 4) is 0 Å². The molecule has 9 heavy (non-hydrogen) atoms. The maximum atomic E-state index is 11.1. The normalized spacial score (nSPS) is 10.9. The van der Waals surface area contributed by atoms with Crippen LogP contribution < -0.4 is 0 Å². The Morgan fingerprint density at radius 1 is 1.22 bits per heavy atom. The zero-order valence-corrected chi connectivity index (χ0v) is 7.77. The second-order valence-electron chi connectivity index (χ2n) is 3.22. The molecule has 0 atom stereocenters. The number of hydrogen-bond donors (Lipinski definition) is 0. The molecule has 0 heterocycles. The van der Waals surface area contributed by atoms with Crippen LogP contribution in [-0.2, 0) is 4.46 Å². The van der Waals surface area contributed by atoms with Crippen LogP contribution in [0.3, 0.4) is 0 Å². The minimum Gasteiger partial charge on any atom is -0.388 e. The van der Waals surface area contributed by atoms with Crippen molar-refractivity contribution in [2.75, 3.05) is 0 Å². The summed E-state index contributed by atoms with van der Waals surface area (Å²) in [7, 11) is -1.26. The SMILES string of the molecule is CC(C)C[Si](=O)C(C)C. The van der Waals surface area contributed by atoms with Gasteiger partial charge in [-0.25, -0.2) is 0 Å². The average Bonchev–Trinajstić information content (AvgIpc) is 1.63. The van der Waals surface area contributed by atoms with Crippen molar-refractivity contribution < 1.29 is 4.46 Å². The molecule has 0 N–H and O–H groups in total. The van der Waals surface area contributed by atoms with Gasteiger partial charge in [0.15, 0.2) is 0 Å². The molecule has 0 saturated carbocycles. The Kier molecular flexibility index (Phi) is 3.94. The molecule has 0 radical (unpaired) electrons. The van der Waals surface area contributed by atoms with Gasteiger partial charge in [-0.1, -0.05) is 27.7 Å². The van der Waals surface area contributed by atoms with Crippen LogP contribution in [0, 0.1) is 5.92 Å². The van der Waals surface area contributed by atoms with Crippen molar-refractivity contribution in [2.45, 2.75) is 39.3 Å². The van der Waals surface area contributed by atoms with Crippen LogP contribution in [0.15, 0.2) is 0 Å². The predicted molar refractivity (Wildman–Crippen MR) is 41.2 cm³/mol. The van der Waals surface area contributed by atoms with Crippen LogP contribution in [0.1, 0.15) is 27.7 Å². The van der Waals surface area contributed by atoms with E-state index in [-0.39, 0.29) is 0 Å². The summed E-state index contributed by atoms with van der Waals surface area (Å²) in [5.74, 6) is 0.596. The third-order valence-corrected chi connectivity index (χ3v) is 3.76. The molecule has 54 valence electrons. The highest BCUT2D eigenvalue weighted by Crippen LogP contribution is 2.10. The van der Waals surface area contributed by atoms with E-state index in [1.807, 2.05) is 13.8 Å². The van der Waals surface area contributed by atoms with Gasteiger partial charge in [-0.3, -0.25) is 0 Å². The third-order valence-electron chi connectivity index (χ3n) is 1.25. The molecule has 0 saturated heterocycles. The van der Waals surface area contributed by atoms with Crippen LogP contribution in [0.4, 0.5) is 0 Å². The van der Waals surface area contributed by atoms with Crippen molar-refractivity contribution in [3.05, 3.63) is 0 Å². The fraction of sp³-hybridized carbons (Fsp3) is 1.00. The first-order chi connectivity index (χ1) is 4.04. The van der Waals surface area contributed by atoms with Crippen molar-refractivity contribution >= 4 is 8.68 Å². The van der Waals surface area contributed by atoms with Crippen LogP contribution in [-0.4, -0.2) is 8.68 Å².